The number of hydrogen-bond acceptors (Lipinski definition) is 2. The van der Waals surface area contributed by atoms with Crippen molar-refractivity contribution in [2.45, 2.75) is 29.9 Å². The van der Waals surface area contributed by atoms with Gasteiger partial charge in [-0.3, -0.25) is 0 Å². The standard InChI is InChI=1S/C17H14FNS/c18-16-7-12(10-19)6-13(8-16)11-20-17-5-4-14-2-1-3-15(14)9-17/h4-9H,1-3,11H2. The lowest BCUT2D eigenvalue weighted by Crippen LogP contribution is -1.87. The van der Waals surface area contributed by atoms with E-state index in [1.807, 2.05) is 6.07 Å². The molecule has 2 aromatic carbocycles. The lowest BCUT2D eigenvalue weighted by Gasteiger charge is -2.06. The summed E-state index contributed by atoms with van der Waals surface area (Å²) in [5.41, 5.74) is 4.15. The maximum Gasteiger partial charge on any atom is 0.124 e. The summed E-state index contributed by atoms with van der Waals surface area (Å²) in [4.78, 5) is 1.22. The fraction of sp³-hybridized carbons (Fsp3) is 0.235. The number of rotatable bonds is 3. The molecule has 1 nitrogen and oxygen atoms in total. The van der Waals surface area contributed by atoms with Gasteiger partial charge in [0, 0.05) is 10.6 Å². The molecule has 0 saturated carbocycles. The van der Waals surface area contributed by atoms with Crippen LogP contribution in [0.15, 0.2) is 41.3 Å². The van der Waals surface area contributed by atoms with Gasteiger partial charge in [0.1, 0.15) is 5.82 Å². The fourth-order valence-electron chi connectivity index (χ4n) is 2.60. The first-order valence-electron chi connectivity index (χ1n) is 6.69. The highest BCUT2D eigenvalue weighted by molar-refractivity contribution is 7.98. The van der Waals surface area contributed by atoms with Crippen LogP contribution in [0.4, 0.5) is 4.39 Å². The lowest BCUT2D eigenvalue weighted by molar-refractivity contribution is 0.626. The van der Waals surface area contributed by atoms with Gasteiger partial charge in [-0.1, -0.05) is 6.07 Å². The minimum absolute atomic E-state index is 0.339. The Kier molecular flexibility index (Phi) is 3.75. The summed E-state index contributed by atoms with van der Waals surface area (Å²) in [6, 6.07) is 13.1. The van der Waals surface area contributed by atoms with Gasteiger partial charge in [-0.25, -0.2) is 4.39 Å². The van der Waals surface area contributed by atoms with Gasteiger partial charge in [0.2, 0.25) is 0 Å². The monoisotopic (exact) mass is 283 g/mol. The van der Waals surface area contributed by atoms with Crippen LogP contribution >= 0.6 is 11.8 Å². The molecule has 20 heavy (non-hydrogen) atoms. The predicted molar refractivity (Wildman–Crippen MR) is 79.1 cm³/mol. The molecule has 2 aromatic rings. The quantitative estimate of drug-likeness (QED) is 0.776. The molecule has 0 spiro atoms. The van der Waals surface area contributed by atoms with Crippen molar-refractivity contribution in [3.63, 3.8) is 0 Å². The third kappa shape index (κ3) is 2.86. The third-order valence-corrected chi connectivity index (χ3v) is 4.63. The first-order chi connectivity index (χ1) is 9.74. The molecule has 0 N–H and O–H groups in total. The van der Waals surface area contributed by atoms with Crippen molar-refractivity contribution in [3.05, 3.63) is 64.5 Å². The molecule has 0 bridgehead atoms. The average molecular weight is 283 g/mol. The zero-order valence-corrected chi connectivity index (χ0v) is 11.8. The number of nitrogens with zero attached hydrogens (tertiary/aromatic N) is 1. The second-order valence-corrected chi connectivity index (χ2v) is 6.08. The van der Waals surface area contributed by atoms with E-state index in [1.165, 1.54) is 47.4 Å². The van der Waals surface area contributed by atoms with Gasteiger partial charge in [0.05, 0.1) is 11.6 Å². The van der Waals surface area contributed by atoms with Gasteiger partial charge in [-0.05, 0) is 66.3 Å². The van der Waals surface area contributed by atoms with E-state index in [-0.39, 0.29) is 5.82 Å². The Balaban J connectivity index is 1.73. The molecule has 0 radical (unpaired) electrons. The van der Waals surface area contributed by atoms with Gasteiger partial charge >= 0.3 is 0 Å². The maximum atomic E-state index is 13.4. The Bertz CT molecular complexity index is 688. The molecule has 1 aliphatic carbocycles. The molecule has 0 aromatic heterocycles. The van der Waals surface area contributed by atoms with E-state index in [0.717, 1.165) is 5.56 Å². The van der Waals surface area contributed by atoms with Gasteiger partial charge in [0.25, 0.3) is 0 Å². The van der Waals surface area contributed by atoms with Gasteiger partial charge in [-0.15, -0.1) is 11.8 Å². The third-order valence-electron chi connectivity index (χ3n) is 3.56. The number of aryl methyl sites for hydroxylation is 2. The summed E-state index contributed by atoms with van der Waals surface area (Å²) in [6.07, 6.45) is 3.61. The van der Waals surface area contributed by atoms with E-state index >= 15 is 0 Å². The Hall–Kier alpha value is -1.79. The maximum absolute atomic E-state index is 13.4. The zero-order chi connectivity index (χ0) is 13.9. The first-order valence-corrected chi connectivity index (χ1v) is 7.67. The van der Waals surface area contributed by atoms with E-state index in [2.05, 4.69) is 18.2 Å². The minimum Gasteiger partial charge on any atom is -0.207 e. The first kappa shape index (κ1) is 13.2. The van der Waals surface area contributed by atoms with Crippen LogP contribution in [0, 0.1) is 17.1 Å². The fourth-order valence-corrected chi connectivity index (χ4v) is 3.49. The molecule has 3 heteroatoms. The van der Waals surface area contributed by atoms with Crippen LogP contribution in [0.25, 0.3) is 0 Å². The van der Waals surface area contributed by atoms with E-state index in [0.29, 0.717) is 11.3 Å². The van der Waals surface area contributed by atoms with Crippen molar-refractivity contribution < 1.29 is 4.39 Å². The molecule has 0 saturated heterocycles. The summed E-state index contributed by atoms with van der Waals surface area (Å²) in [5.74, 6) is 0.346. The molecule has 0 aliphatic heterocycles. The van der Waals surface area contributed by atoms with Crippen LogP contribution < -0.4 is 0 Å². The van der Waals surface area contributed by atoms with Crippen LogP contribution in [0.1, 0.15) is 28.7 Å². The summed E-state index contributed by atoms with van der Waals surface area (Å²) < 4.78 is 13.4. The van der Waals surface area contributed by atoms with Crippen LogP contribution in [0.3, 0.4) is 0 Å². The molecular formula is C17H14FNS. The van der Waals surface area contributed by atoms with Gasteiger partial charge < -0.3 is 0 Å². The summed E-state index contributed by atoms with van der Waals surface area (Å²) >= 11 is 1.69. The minimum atomic E-state index is -0.339. The molecule has 1 aliphatic rings. The smallest absolute Gasteiger partial charge is 0.124 e. The number of hydrogen-bond donors (Lipinski definition) is 0. The van der Waals surface area contributed by atoms with E-state index in [4.69, 9.17) is 5.26 Å². The van der Waals surface area contributed by atoms with E-state index in [1.54, 1.807) is 17.8 Å². The summed E-state index contributed by atoms with van der Waals surface area (Å²) in [5, 5.41) is 8.85. The SMILES string of the molecule is N#Cc1cc(F)cc(CSc2ccc3c(c2)CCC3)c1. The Morgan fingerprint density at radius 1 is 1.10 bits per heavy atom. The molecule has 0 amide bonds. The van der Waals surface area contributed by atoms with Crippen LogP contribution in [0.5, 0.6) is 0 Å². The molecule has 0 atom stereocenters. The summed E-state index contributed by atoms with van der Waals surface area (Å²) in [6.45, 7) is 0. The number of benzene rings is 2. The molecule has 0 heterocycles. The van der Waals surface area contributed by atoms with Crippen molar-refractivity contribution in [3.8, 4) is 6.07 Å². The highest BCUT2D eigenvalue weighted by atomic mass is 32.2. The van der Waals surface area contributed by atoms with Crippen molar-refractivity contribution in [2.75, 3.05) is 0 Å². The van der Waals surface area contributed by atoms with Gasteiger partial charge in [0.15, 0.2) is 0 Å². The zero-order valence-electron chi connectivity index (χ0n) is 11.0. The van der Waals surface area contributed by atoms with E-state index < -0.39 is 0 Å². The van der Waals surface area contributed by atoms with Crippen LogP contribution in [-0.2, 0) is 18.6 Å². The van der Waals surface area contributed by atoms with Crippen molar-refractivity contribution >= 4 is 11.8 Å². The number of halogens is 1. The highest BCUT2D eigenvalue weighted by Crippen LogP contribution is 2.29. The topological polar surface area (TPSA) is 23.8 Å². The number of fused-ring (bicyclic) bond motifs is 1. The van der Waals surface area contributed by atoms with E-state index in [9.17, 15) is 4.39 Å². The molecule has 0 fully saturated rings. The van der Waals surface area contributed by atoms with Crippen molar-refractivity contribution in [1.29, 1.82) is 5.26 Å². The number of thioether (sulfide) groups is 1. The van der Waals surface area contributed by atoms with Crippen LogP contribution in [0.2, 0.25) is 0 Å². The largest absolute Gasteiger partial charge is 0.207 e. The van der Waals surface area contributed by atoms with Crippen molar-refractivity contribution in [1.82, 2.24) is 0 Å². The Labute approximate surface area is 122 Å². The predicted octanol–water partition coefficient (Wildman–Crippen LogP) is 4.48. The second kappa shape index (κ2) is 5.68. The second-order valence-electron chi connectivity index (χ2n) is 5.03. The Morgan fingerprint density at radius 3 is 2.80 bits per heavy atom. The highest BCUT2D eigenvalue weighted by Gasteiger charge is 2.11. The molecule has 100 valence electrons. The average Bonchev–Trinajstić information content (AvgIpc) is 2.92. The number of nitriles is 1. The molecule has 3 rings (SSSR count). The van der Waals surface area contributed by atoms with Crippen molar-refractivity contribution in [2.24, 2.45) is 0 Å². The van der Waals surface area contributed by atoms with Gasteiger partial charge in [-0.2, -0.15) is 5.26 Å². The van der Waals surface area contributed by atoms with Crippen LogP contribution in [-0.4, -0.2) is 0 Å². The lowest BCUT2D eigenvalue weighted by atomic mass is 10.1. The Morgan fingerprint density at radius 2 is 1.95 bits per heavy atom. The molecule has 0 unspecified atom stereocenters. The molecular weight excluding hydrogens is 269 g/mol. The summed E-state index contributed by atoms with van der Waals surface area (Å²) in [7, 11) is 0. The normalized spacial score (nSPS) is 13.0.